The summed E-state index contributed by atoms with van der Waals surface area (Å²) in [6, 6.07) is 4.71. The second kappa shape index (κ2) is 6.54. The number of carbonyl (C=O) groups is 2. The van der Waals surface area contributed by atoms with E-state index in [1.54, 1.807) is 23.7 Å². The molecule has 0 aliphatic carbocycles. The molecule has 3 rings (SSSR count). The van der Waals surface area contributed by atoms with Gasteiger partial charge in [-0.2, -0.15) is 5.10 Å². The minimum Gasteiger partial charge on any atom is -0.377 e. The van der Waals surface area contributed by atoms with E-state index in [1.807, 2.05) is 0 Å². The van der Waals surface area contributed by atoms with E-state index in [9.17, 15) is 9.59 Å². The molecule has 9 heteroatoms. The normalized spacial score (nSPS) is 14.3. The van der Waals surface area contributed by atoms with Gasteiger partial charge in [0.2, 0.25) is 0 Å². The van der Waals surface area contributed by atoms with Gasteiger partial charge in [0.1, 0.15) is 10.3 Å². The molecule has 0 bridgehead atoms. The van der Waals surface area contributed by atoms with E-state index in [0.29, 0.717) is 39.8 Å². The van der Waals surface area contributed by atoms with Gasteiger partial charge in [-0.3, -0.25) is 14.3 Å². The Balaban J connectivity index is 1.95. The molecule has 3 N–H and O–H groups in total. The van der Waals surface area contributed by atoms with Crippen LogP contribution in [0.1, 0.15) is 32.5 Å². The first-order valence-corrected chi connectivity index (χ1v) is 8.28. The van der Waals surface area contributed by atoms with Gasteiger partial charge in [-0.1, -0.05) is 11.6 Å². The molecule has 1 aromatic carbocycles. The molecule has 2 heterocycles. The van der Waals surface area contributed by atoms with Crippen LogP contribution in [0.15, 0.2) is 22.8 Å². The van der Waals surface area contributed by atoms with Crippen LogP contribution >= 0.6 is 27.5 Å². The number of aromatic nitrogens is 2. The largest absolute Gasteiger partial charge is 0.377 e. The molecule has 0 atom stereocenters. The quantitative estimate of drug-likeness (QED) is 0.804. The Hall–Kier alpha value is -1.90. The smallest absolute Gasteiger partial charge is 0.274 e. The van der Waals surface area contributed by atoms with E-state index >= 15 is 0 Å². The Labute approximate surface area is 151 Å². The molecule has 126 valence electrons. The number of nitrogens with zero attached hydrogens (tertiary/aromatic N) is 2. The van der Waals surface area contributed by atoms with E-state index in [0.717, 1.165) is 0 Å². The fourth-order valence-electron chi connectivity index (χ4n) is 2.46. The van der Waals surface area contributed by atoms with Crippen molar-refractivity contribution in [1.29, 1.82) is 0 Å². The fourth-order valence-corrected chi connectivity index (χ4v) is 3.12. The molecular weight excluding hydrogens is 400 g/mol. The molecule has 0 radical (unpaired) electrons. The van der Waals surface area contributed by atoms with Crippen LogP contribution in [0, 0.1) is 6.92 Å². The number of carbonyl (C=O) groups excluding carboxylic acids is 2. The minimum atomic E-state index is -0.669. The lowest BCUT2D eigenvalue weighted by molar-refractivity contribution is -0.0294. The van der Waals surface area contributed by atoms with E-state index in [1.165, 1.54) is 6.07 Å². The number of aryl methyl sites for hydroxylation is 1. The van der Waals surface area contributed by atoms with Crippen molar-refractivity contribution >= 4 is 45.0 Å². The molecule has 1 aliphatic rings. The summed E-state index contributed by atoms with van der Waals surface area (Å²) in [7, 11) is 0. The molecule has 0 spiro atoms. The van der Waals surface area contributed by atoms with Crippen LogP contribution in [-0.4, -0.2) is 34.8 Å². The van der Waals surface area contributed by atoms with Gasteiger partial charge in [0.25, 0.3) is 11.8 Å². The SMILES string of the molecule is Cc1cc(Cl)cc(C(N)=O)c1NC(=O)c1cc(Br)nn1C1COC1. The highest BCUT2D eigenvalue weighted by Crippen LogP contribution is 2.27. The average Bonchev–Trinajstić information content (AvgIpc) is 2.80. The van der Waals surface area contributed by atoms with Gasteiger partial charge in [0.05, 0.1) is 30.5 Å². The van der Waals surface area contributed by atoms with E-state index in [-0.39, 0.29) is 11.6 Å². The van der Waals surface area contributed by atoms with Crippen LogP contribution in [0.2, 0.25) is 5.02 Å². The molecule has 1 saturated heterocycles. The second-order valence-corrected chi connectivity index (χ2v) is 6.70. The van der Waals surface area contributed by atoms with Gasteiger partial charge in [0.15, 0.2) is 0 Å². The predicted octanol–water partition coefficient (Wildman–Crippen LogP) is 2.53. The molecular formula is C15H14BrClN4O3. The number of hydrogen-bond donors (Lipinski definition) is 2. The van der Waals surface area contributed by atoms with Crippen molar-refractivity contribution in [2.45, 2.75) is 13.0 Å². The summed E-state index contributed by atoms with van der Waals surface area (Å²) in [6.07, 6.45) is 0. The lowest BCUT2D eigenvalue weighted by Crippen LogP contribution is -2.34. The third kappa shape index (κ3) is 3.17. The summed E-state index contributed by atoms with van der Waals surface area (Å²) in [5, 5.41) is 7.38. The third-order valence-corrected chi connectivity index (χ3v) is 4.31. The summed E-state index contributed by atoms with van der Waals surface area (Å²) in [6.45, 7) is 2.74. The number of rotatable bonds is 4. The summed E-state index contributed by atoms with van der Waals surface area (Å²) in [5.74, 6) is -1.06. The van der Waals surface area contributed by atoms with Crippen LogP contribution in [-0.2, 0) is 4.74 Å². The molecule has 2 aromatic rings. The Bertz CT molecular complexity index is 832. The molecule has 0 unspecified atom stereocenters. The maximum Gasteiger partial charge on any atom is 0.274 e. The van der Waals surface area contributed by atoms with Crippen molar-refractivity contribution < 1.29 is 14.3 Å². The zero-order chi connectivity index (χ0) is 17.4. The summed E-state index contributed by atoms with van der Waals surface area (Å²) in [5.41, 5.74) is 6.89. The molecule has 7 nitrogen and oxygen atoms in total. The number of nitrogens with one attached hydrogen (secondary N) is 1. The molecule has 2 amide bonds. The highest BCUT2D eigenvalue weighted by atomic mass is 79.9. The Kier molecular flexibility index (Phi) is 4.62. The maximum atomic E-state index is 12.7. The molecule has 1 aromatic heterocycles. The Morgan fingerprint density at radius 2 is 2.12 bits per heavy atom. The minimum absolute atomic E-state index is 0.0129. The first kappa shape index (κ1) is 16.9. The van der Waals surface area contributed by atoms with Gasteiger partial charge >= 0.3 is 0 Å². The number of hydrogen-bond acceptors (Lipinski definition) is 4. The Morgan fingerprint density at radius 3 is 2.71 bits per heavy atom. The molecule has 0 saturated carbocycles. The monoisotopic (exact) mass is 412 g/mol. The molecule has 1 fully saturated rings. The topological polar surface area (TPSA) is 99.2 Å². The van der Waals surface area contributed by atoms with Crippen LogP contribution in [0.25, 0.3) is 0 Å². The van der Waals surface area contributed by atoms with Gasteiger partial charge in [-0.15, -0.1) is 0 Å². The second-order valence-electron chi connectivity index (χ2n) is 5.45. The first-order valence-electron chi connectivity index (χ1n) is 7.11. The van der Waals surface area contributed by atoms with Gasteiger partial charge in [-0.05, 0) is 40.5 Å². The summed E-state index contributed by atoms with van der Waals surface area (Å²) >= 11 is 9.24. The van der Waals surface area contributed by atoms with Crippen molar-refractivity contribution in [2.24, 2.45) is 5.73 Å². The third-order valence-electron chi connectivity index (χ3n) is 3.71. The fraction of sp³-hybridized carbons (Fsp3) is 0.267. The highest BCUT2D eigenvalue weighted by molar-refractivity contribution is 9.10. The van der Waals surface area contributed by atoms with E-state index in [4.69, 9.17) is 22.1 Å². The van der Waals surface area contributed by atoms with Crippen molar-refractivity contribution in [2.75, 3.05) is 18.5 Å². The molecule has 24 heavy (non-hydrogen) atoms. The lowest BCUT2D eigenvalue weighted by Gasteiger charge is -2.27. The number of anilines is 1. The molecule has 1 aliphatic heterocycles. The zero-order valence-electron chi connectivity index (χ0n) is 12.7. The van der Waals surface area contributed by atoms with Crippen molar-refractivity contribution in [3.05, 3.63) is 44.6 Å². The average molecular weight is 414 g/mol. The highest BCUT2D eigenvalue weighted by Gasteiger charge is 2.27. The van der Waals surface area contributed by atoms with Crippen LogP contribution in [0.3, 0.4) is 0 Å². The van der Waals surface area contributed by atoms with Crippen molar-refractivity contribution in [3.63, 3.8) is 0 Å². The van der Waals surface area contributed by atoms with Gasteiger partial charge < -0.3 is 15.8 Å². The van der Waals surface area contributed by atoms with Gasteiger partial charge in [-0.25, -0.2) is 0 Å². The zero-order valence-corrected chi connectivity index (χ0v) is 15.0. The number of amides is 2. The van der Waals surface area contributed by atoms with Crippen molar-refractivity contribution in [3.8, 4) is 0 Å². The van der Waals surface area contributed by atoms with Crippen LogP contribution in [0.5, 0.6) is 0 Å². The first-order chi connectivity index (χ1) is 11.4. The number of primary amides is 1. The maximum absolute atomic E-state index is 12.7. The van der Waals surface area contributed by atoms with E-state index < -0.39 is 11.8 Å². The predicted molar refractivity (Wildman–Crippen MR) is 92.4 cm³/mol. The number of benzene rings is 1. The number of nitrogens with two attached hydrogens (primary N) is 1. The standard InChI is InChI=1S/C15H14BrClN4O3/c1-7-2-8(17)3-10(14(18)22)13(7)19-15(23)11-4-12(16)20-21(11)9-5-24-6-9/h2-4,9H,5-6H2,1H3,(H2,18,22)(H,19,23). The summed E-state index contributed by atoms with van der Waals surface area (Å²) in [4.78, 5) is 24.3. The summed E-state index contributed by atoms with van der Waals surface area (Å²) < 4.78 is 7.30. The Morgan fingerprint density at radius 1 is 1.42 bits per heavy atom. The van der Waals surface area contributed by atoms with Crippen LogP contribution < -0.4 is 11.1 Å². The van der Waals surface area contributed by atoms with Gasteiger partial charge in [0, 0.05) is 11.1 Å². The number of ether oxygens (including phenoxy) is 1. The van der Waals surface area contributed by atoms with Crippen molar-refractivity contribution in [1.82, 2.24) is 9.78 Å². The van der Waals surface area contributed by atoms with E-state index in [2.05, 4.69) is 26.3 Å². The number of halogens is 2. The van der Waals surface area contributed by atoms with Crippen LogP contribution in [0.4, 0.5) is 5.69 Å². The lowest BCUT2D eigenvalue weighted by atomic mass is 10.1.